The Bertz CT molecular complexity index is 715. The standard InChI is InChI=1S/C18H27ClN6.HI/c1-20-18(24(4)12-14-7-6-8-16(19)9-14)21-11-17(23(2)3)15-10-22-25(5)13-15;/h6-10,13,17H,11-12H2,1-5H3,(H,20,21);1H. The second kappa shape index (κ2) is 10.7. The molecule has 8 heteroatoms. The van der Waals surface area contributed by atoms with Crippen LogP contribution in [-0.4, -0.2) is 60.3 Å². The Morgan fingerprint density at radius 3 is 2.62 bits per heavy atom. The fourth-order valence-electron chi connectivity index (χ4n) is 2.77. The number of aryl methyl sites for hydroxylation is 1. The number of aromatic nitrogens is 2. The largest absolute Gasteiger partial charge is 0.354 e. The zero-order valence-corrected chi connectivity index (χ0v) is 19.1. The molecule has 26 heavy (non-hydrogen) atoms. The second-order valence-corrected chi connectivity index (χ2v) is 6.78. The number of benzene rings is 1. The molecule has 1 heterocycles. The first-order valence-corrected chi connectivity index (χ1v) is 8.59. The van der Waals surface area contributed by atoms with Crippen LogP contribution in [0.5, 0.6) is 0 Å². The highest BCUT2D eigenvalue weighted by Crippen LogP contribution is 2.16. The highest BCUT2D eigenvalue weighted by molar-refractivity contribution is 14.0. The van der Waals surface area contributed by atoms with Gasteiger partial charge in [-0.15, -0.1) is 24.0 Å². The van der Waals surface area contributed by atoms with E-state index in [9.17, 15) is 0 Å². The molecule has 0 saturated carbocycles. The molecule has 0 radical (unpaired) electrons. The van der Waals surface area contributed by atoms with E-state index in [1.165, 1.54) is 5.56 Å². The van der Waals surface area contributed by atoms with Crippen molar-refractivity contribution in [2.24, 2.45) is 12.0 Å². The van der Waals surface area contributed by atoms with Gasteiger partial charge in [-0.05, 0) is 31.8 Å². The minimum absolute atomic E-state index is 0. The molecule has 144 valence electrons. The van der Waals surface area contributed by atoms with Gasteiger partial charge in [0, 0.05) is 51.0 Å². The lowest BCUT2D eigenvalue weighted by atomic mass is 10.1. The van der Waals surface area contributed by atoms with E-state index in [0.717, 1.165) is 29.6 Å². The lowest BCUT2D eigenvalue weighted by molar-refractivity contribution is 0.295. The predicted molar refractivity (Wildman–Crippen MR) is 119 cm³/mol. The minimum Gasteiger partial charge on any atom is -0.354 e. The molecule has 0 amide bonds. The smallest absolute Gasteiger partial charge is 0.193 e. The van der Waals surface area contributed by atoms with Gasteiger partial charge in [0.25, 0.3) is 0 Å². The number of nitrogens with one attached hydrogen (secondary N) is 1. The van der Waals surface area contributed by atoms with E-state index in [1.807, 2.05) is 49.4 Å². The monoisotopic (exact) mass is 490 g/mol. The number of aliphatic imine (C=N–C) groups is 1. The number of hydrogen-bond donors (Lipinski definition) is 1. The predicted octanol–water partition coefficient (Wildman–Crippen LogP) is 3.00. The topological polar surface area (TPSA) is 48.7 Å². The molecule has 0 aliphatic heterocycles. The van der Waals surface area contributed by atoms with Crippen molar-refractivity contribution >= 4 is 41.5 Å². The normalized spacial score (nSPS) is 12.7. The Morgan fingerprint density at radius 2 is 2.08 bits per heavy atom. The van der Waals surface area contributed by atoms with Gasteiger partial charge in [0.05, 0.1) is 12.2 Å². The van der Waals surface area contributed by atoms with Crippen molar-refractivity contribution in [3.63, 3.8) is 0 Å². The fourth-order valence-corrected chi connectivity index (χ4v) is 2.98. The molecule has 1 aromatic heterocycles. The Labute approximate surface area is 178 Å². The maximum absolute atomic E-state index is 6.07. The van der Waals surface area contributed by atoms with Crippen molar-refractivity contribution in [3.8, 4) is 0 Å². The SMILES string of the molecule is CN=C(NCC(c1cnn(C)c1)N(C)C)N(C)Cc1cccc(Cl)c1.I. The molecule has 1 atom stereocenters. The molecular weight excluding hydrogens is 463 g/mol. The van der Waals surface area contributed by atoms with Crippen molar-refractivity contribution in [2.75, 3.05) is 34.7 Å². The van der Waals surface area contributed by atoms with Gasteiger partial charge in [-0.3, -0.25) is 9.67 Å². The summed E-state index contributed by atoms with van der Waals surface area (Å²) >= 11 is 6.07. The van der Waals surface area contributed by atoms with E-state index in [1.54, 1.807) is 7.05 Å². The Balaban J connectivity index is 0.00000338. The summed E-state index contributed by atoms with van der Waals surface area (Å²) in [6.07, 6.45) is 3.95. The lowest BCUT2D eigenvalue weighted by Crippen LogP contribution is -2.42. The van der Waals surface area contributed by atoms with Crippen LogP contribution in [0, 0.1) is 0 Å². The van der Waals surface area contributed by atoms with Gasteiger partial charge in [0.2, 0.25) is 0 Å². The molecule has 2 rings (SSSR count). The third kappa shape index (κ3) is 6.44. The van der Waals surface area contributed by atoms with Gasteiger partial charge in [-0.2, -0.15) is 5.10 Å². The molecule has 0 fully saturated rings. The highest BCUT2D eigenvalue weighted by Gasteiger charge is 2.17. The number of guanidine groups is 1. The molecule has 1 aromatic carbocycles. The molecule has 2 aromatic rings. The van der Waals surface area contributed by atoms with Gasteiger partial charge in [-0.1, -0.05) is 23.7 Å². The average Bonchev–Trinajstić information content (AvgIpc) is 2.97. The van der Waals surface area contributed by atoms with Crippen molar-refractivity contribution in [2.45, 2.75) is 12.6 Å². The van der Waals surface area contributed by atoms with Gasteiger partial charge < -0.3 is 15.1 Å². The van der Waals surface area contributed by atoms with Gasteiger partial charge >= 0.3 is 0 Å². The maximum atomic E-state index is 6.07. The zero-order chi connectivity index (χ0) is 18.4. The number of hydrogen-bond acceptors (Lipinski definition) is 3. The molecule has 6 nitrogen and oxygen atoms in total. The molecule has 1 unspecified atom stereocenters. The molecule has 0 saturated heterocycles. The lowest BCUT2D eigenvalue weighted by Gasteiger charge is -2.27. The van der Waals surface area contributed by atoms with E-state index in [2.05, 4.69) is 45.4 Å². The van der Waals surface area contributed by atoms with Crippen LogP contribution in [0.3, 0.4) is 0 Å². The fraction of sp³-hybridized carbons (Fsp3) is 0.444. The van der Waals surface area contributed by atoms with E-state index < -0.39 is 0 Å². The Hall–Kier alpha value is -1.32. The summed E-state index contributed by atoms with van der Waals surface area (Å²) in [5, 5.41) is 8.48. The van der Waals surface area contributed by atoms with Crippen LogP contribution in [0.2, 0.25) is 5.02 Å². The van der Waals surface area contributed by atoms with E-state index in [4.69, 9.17) is 11.6 Å². The van der Waals surface area contributed by atoms with Gasteiger partial charge in [0.1, 0.15) is 0 Å². The number of likely N-dealkylation sites (N-methyl/N-ethyl adjacent to an activating group) is 1. The minimum atomic E-state index is 0. The van der Waals surface area contributed by atoms with Crippen molar-refractivity contribution in [1.29, 1.82) is 0 Å². The molecule has 0 spiro atoms. The first-order valence-electron chi connectivity index (χ1n) is 8.22. The van der Waals surface area contributed by atoms with Crippen molar-refractivity contribution in [1.82, 2.24) is 24.9 Å². The van der Waals surface area contributed by atoms with Crippen LogP contribution in [0.25, 0.3) is 0 Å². The first kappa shape index (κ1) is 22.7. The average molecular weight is 491 g/mol. The van der Waals surface area contributed by atoms with E-state index in [0.29, 0.717) is 0 Å². The Morgan fingerprint density at radius 1 is 1.35 bits per heavy atom. The summed E-state index contributed by atoms with van der Waals surface area (Å²) in [6.45, 7) is 1.48. The van der Waals surface area contributed by atoms with Crippen molar-refractivity contribution < 1.29 is 0 Å². The quantitative estimate of drug-likeness (QED) is 0.384. The van der Waals surface area contributed by atoms with E-state index >= 15 is 0 Å². The summed E-state index contributed by atoms with van der Waals surface area (Å²) in [5.41, 5.74) is 2.32. The maximum Gasteiger partial charge on any atom is 0.193 e. The van der Waals surface area contributed by atoms with Crippen LogP contribution in [-0.2, 0) is 13.6 Å². The van der Waals surface area contributed by atoms with Crippen LogP contribution < -0.4 is 5.32 Å². The molecule has 0 bridgehead atoms. The molecule has 0 aliphatic carbocycles. The third-order valence-corrected chi connectivity index (χ3v) is 4.30. The van der Waals surface area contributed by atoms with Gasteiger partial charge in [0.15, 0.2) is 5.96 Å². The zero-order valence-electron chi connectivity index (χ0n) is 16.0. The first-order chi connectivity index (χ1) is 11.9. The number of halogens is 2. The molecule has 1 N–H and O–H groups in total. The van der Waals surface area contributed by atoms with E-state index in [-0.39, 0.29) is 30.0 Å². The summed E-state index contributed by atoms with van der Waals surface area (Å²) in [6, 6.07) is 8.10. The summed E-state index contributed by atoms with van der Waals surface area (Å²) < 4.78 is 1.83. The highest BCUT2D eigenvalue weighted by atomic mass is 127. The van der Waals surface area contributed by atoms with Crippen molar-refractivity contribution in [3.05, 3.63) is 52.8 Å². The Kier molecular flexibility index (Phi) is 9.38. The van der Waals surface area contributed by atoms with Crippen LogP contribution in [0.1, 0.15) is 17.2 Å². The molecular formula is C18H28ClIN6. The summed E-state index contributed by atoms with van der Waals surface area (Å²) in [7, 11) is 9.88. The van der Waals surface area contributed by atoms with Crippen LogP contribution >= 0.6 is 35.6 Å². The van der Waals surface area contributed by atoms with Crippen LogP contribution in [0.15, 0.2) is 41.7 Å². The molecule has 0 aliphatic rings. The third-order valence-electron chi connectivity index (χ3n) is 4.07. The summed E-state index contributed by atoms with van der Waals surface area (Å²) in [4.78, 5) is 8.66. The number of rotatable bonds is 6. The second-order valence-electron chi connectivity index (χ2n) is 6.34. The number of nitrogens with zero attached hydrogens (tertiary/aromatic N) is 5. The summed E-state index contributed by atoms with van der Waals surface area (Å²) in [5.74, 6) is 0.843. The van der Waals surface area contributed by atoms with Gasteiger partial charge in [-0.25, -0.2) is 0 Å². The van der Waals surface area contributed by atoms with Crippen LogP contribution in [0.4, 0.5) is 0 Å².